The Kier molecular flexibility index (Phi) is 6.27. The lowest BCUT2D eigenvalue weighted by Gasteiger charge is -2.12. The summed E-state index contributed by atoms with van der Waals surface area (Å²) < 4.78 is 18.2. The molecule has 0 bridgehead atoms. The Bertz CT molecular complexity index is 589. The van der Waals surface area contributed by atoms with Gasteiger partial charge in [0.2, 0.25) is 5.91 Å². The van der Waals surface area contributed by atoms with Crippen LogP contribution in [0.2, 0.25) is 0 Å². The minimum absolute atomic E-state index is 0.0310. The Balaban J connectivity index is 1.67. The van der Waals surface area contributed by atoms with E-state index in [2.05, 4.69) is 5.32 Å². The SMILES string of the molecule is CC(Sc1ccccc1)C(=O)NCCOc1ccc(F)cc1. The Morgan fingerprint density at radius 1 is 1.18 bits per heavy atom. The number of hydrogen-bond donors (Lipinski definition) is 1. The molecular formula is C17H18FNO2S. The molecule has 0 spiro atoms. The van der Waals surface area contributed by atoms with Gasteiger partial charge in [-0.05, 0) is 43.3 Å². The summed E-state index contributed by atoms with van der Waals surface area (Å²) in [5.74, 6) is 0.256. The number of ether oxygens (including phenoxy) is 1. The lowest BCUT2D eigenvalue weighted by Crippen LogP contribution is -2.33. The molecule has 1 unspecified atom stereocenters. The normalized spacial score (nSPS) is 11.7. The predicted octanol–water partition coefficient (Wildman–Crippen LogP) is 3.50. The number of benzene rings is 2. The number of carbonyl (C=O) groups excluding carboxylic acids is 1. The molecule has 5 heteroatoms. The molecule has 2 aromatic carbocycles. The van der Waals surface area contributed by atoms with E-state index in [4.69, 9.17) is 4.74 Å². The van der Waals surface area contributed by atoms with E-state index in [9.17, 15) is 9.18 Å². The molecule has 0 radical (unpaired) electrons. The van der Waals surface area contributed by atoms with Crippen LogP contribution in [0, 0.1) is 5.82 Å². The van der Waals surface area contributed by atoms with Crippen molar-refractivity contribution in [1.29, 1.82) is 0 Å². The highest BCUT2D eigenvalue weighted by Gasteiger charge is 2.13. The van der Waals surface area contributed by atoms with Crippen LogP contribution in [0.4, 0.5) is 4.39 Å². The van der Waals surface area contributed by atoms with Gasteiger partial charge < -0.3 is 10.1 Å². The van der Waals surface area contributed by atoms with Crippen LogP contribution < -0.4 is 10.1 Å². The average Bonchev–Trinajstić information content (AvgIpc) is 2.54. The van der Waals surface area contributed by atoms with Gasteiger partial charge in [-0.3, -0.25) is 4.79 Å². The molecule has 0 fully saturated rings. The van der Waals surface area contributed by atoms with Gasteiger partial charge in [0.25, 0.3) is 0 Å². The van der Waals surface area contributed by atoms with Gasteiger partial charge in [-0.15, -0.1) is 11.8 Å². The summed E-state index contributed by atoms with van der Waals surface area (Å²) in [5, 5.41) is 2.65. The standard InChI is InChI=1S/C17H18FNO2S/c1-13(22-16-5-3-2-4-6-16)17(20)19-11-12-21-15-9-7-14(18)8-10-15/h2-10,13H,11-12H2,1H3,(H,19,20). The third kappa shape index (κ3) is 5.41. The summed E-state index contributed by atoms with van der Waals surface area (Å²) in [6.07, 6.45) is 0. The number of carbonyl (C=O) groups is 1. The van der Waals surface area contributed by atoms with E-state index in [1.165, 1.54) is 23.9 Å². The molecule has 0 saturated carbocycles. The van der Waals surface area contributed by atoms with E-state index < -0.39 is 0 Å². The zero-order valence-electron chi connectivity index (χ0n) is 12.3. The summed E-state index contributed by atoms with van der Waals surface area (Å²) >= 11 is 1.51. The van der Waals surface area contributed by atoms with Crippen molar-refractivity contribution in [2.45, 2.75) is 17.1 Å². The van der Waals surface area contributed by atoms with Crippen molar-refractivity contribution in [3.63, 3.8) is 0 Å². The lowest BCUT2D eigenvalue weighted by molar-refractivity contribution is -0.120. The first-order chi connectivity index (χ1) is 10.6. The lowest BCUT2D eigenvalue weighted by atomic mass is 10.3. The molecule has 2 aromatic rings. The third-order valence-corrected chi connectivity index (χ3v) is 4.02. The highest BCUT2D eigenvalue weighted by Crippen LogP contribution is 2.22. The van der Waals surface area contributed by atoms with Gasteiger partial charge in [0.15, 0.2) is 0 Å². The molecule has 0 aliphatic heterocycles. The van der Waals surface area contributed by atoms with E-state index >= 15 is 0 Å². The van der Waals surface area contributed by atoms with Crippen LogP contribution in [0.5, 0.6) is 5.75 Å². The van der Waals surface area contributed by atoms with Crippen molar-refractivity contribution >= 4 is 17.7 Å². The first kappa shape index (κ1) is 16.4. The summed E-state index contributed by atoms with van der Waals surface area (Å²) in [5.41, 5.74) is 0. The second kappa shape index (κ2) is 8.44. The molecule has 1 N–H and O–H groups in total. The van der Waals surface area contributed by atoms with Crippen molar-refractivity contribution in [2.24, 2.45) is 0 Å². The Labute approximate surface area is 133 Å². The molecule has 1 amide bonds. The van der Waals surface area contributed by atoms with Crippen LogP contribution in [0.25, 0.3) is 0 Å². The van der Waals surface area contributed by atoms with Crippen LogP contribution in [-0.2, 0) is 4.79 Å². The van der Waals surface area contributed by atoms with E-state index in [1.54, 1.807) is 12.1 Å². The number of rotatable bonds is 7. The molecule has 0 aliphatic carbocycles. The largest absolute Gasteiger partial charge is 0.492 e. The maximum Gasteiger partial charge on any atom is 0.233 e. The van der Waals surface area contributed by atoms with Crippen LogP contribution in [0.1, 0.15) is 6.92 Å². The summed E-state index contributed by atoms with van der Waals surface area (Å²) in [6, 6.07) is 15.6. The topological polar surface area (TPSA) is 38.3 Å². The van der Waals surface area contributed by atoms with Crippen molar-refractivity contribution < 1.29 is 13.9 Å². The third-order valence-electron chi connectivity index (χ3n) is 2.91. The van der Waals surface area contributed by atoms with Gasteiger partial charge in [0.1, 0.15) is 18.2 Å². The highest BCUT2D eigenvalue weighted by atomic mass is 32.2. The molecule has 116 valence electrons. The molecule has 0 aliphatic rings. The number of thioether (sulfide) groups is 1. The number of nitrogens with one attached hydrogen (secondary N) is 1. The van der Waals surface area contributed by atoms with Gasteiger partial charge in [-0.2, -0.15) is 0 Å². The zero-order valence-corrected chi connectivity index (χ0v) is 13.1. The van der Waals surface area contributed by atoms with Gasteiger partial charge >= 0.3 is 0 Å². The molecule has 22 heavy (non-hydrogen) atoms. The second-order valence-electron chi connectivity index (χ2n) is 4.67. The average molecular weight is 319 g/mol. The minimum atomic E-state index is -0.299. The molecule has 0 aromatic heterocycles. The maximum absolute atomic E-state index is 12.7. The maximum atomic E-state index is 12.7. The quantitative estimate of drug-likeness (QED) is 0.627. The first-order valence-electron chi connectivity index (χ1n) is 7.03. The molecule has 0 saturated heterocycles. The van der Waals surface area contributed by atoms with Crippen molar-refractivity contribution in [1.82, 2.24) is 5.32 Å². The van der Waals surface area contributed by atoms with Gasteiger partial charge in [-0.25, -0.2) is 4.39 Å². The number of hydrogen-bond acceptors (Lipinski definition) is 3. The van der Waals surface area contributed by atoms with E-state index in [-0.39, 0.29) is 17.0 Å². The minimum Gasteiger partial charge on any atom is -0.492 e. The Morgan fingerprint density at radius 2 is 1.86 bits per heavy atom. The zero-order chi connectivity index (χ0) is 15.8. The van der Waals surface area contributed by atoms with E-state index in [0.717, 1.165) is 4.90 Å². The van der Waals surface area contributed by atoms with Crippen molar-refractivity contribution in [3.8, 4) is 5.75 Å². The summed E-state index contributed by atoms with van der Waals surface area (Å²) in [6.45, 7) is 2.63. The highest BCUT2D eigenvalue weighted by molar-refractivity contribution is 8.00. The molecule has 1 atom stereocenters. The van der Waals surface area contributed by atoms with Crippen LogP contribution in [-0.4, -0.2) is 24.3 Å². The van der Waals surface area contributed by atoms with Crippen LogP contribution in [0.15, 0.2) is 59.5 Å². The Morgan fingerprint density at radius 3 is 2.55 bits per heavy atom. The number of halogens is 1. The fourth-order valence-corrected chi connectivity index (χ4v) is 2.69. The van der Waals surface area contributed by atoms with Crippen molar-refractivity contribution in [2.75, 3.05) is 13.2 Å². The molecule has 3 nitrogen and oxygen atoms in total. The van der Waals surface area contributed by atoms with Gasteiger partial charge in [-0.1, -0.05) is 18.2 Å². The smallest absolute Gasteiger partial charge is 0.233 e. The molecule has 0 heterocycles. The van der Waals surface area contributed by atoms with Crippen LogP contribution >= 0.6 is 11.8 Å². The van der Waals surface area contributed by atoms with Gasteiger partial charge in [0.05, 0.1) is 11.8 Å². The first-order valence-corrected chi connectivity index (χ1v) is 7.91. The fraction of sp³-hybridized carbons (Fsp3) is 0.235. The number of amides is 1. The van der Waals surface area contributed by atoms with E-state index in [1.807, 2.05) is 37.3 Å². The second-order valence-corrected chi connectivity index (χ2v) is 6.08. The Hall–Kier alpha value is -2.01. The summed E-state index contributed by atoms with van der Waals surface area (Å²) in [7, 11) is 0. The van der Waals surface area contributed by atoms with E-state index in [0.29, 0.717) is 18.9 Å². The predicted molar refractivity (Wildman–Crippen MR) is 86.7 cm³/mol. The monoisotopic (exact) mass is 319 g/mol. The van der Waals surface area contributed by atoms with Crippen LogP contribution in [0.3, 0.4) is 0 Å². The van der Waals surface area contributed by atoms with Gasteiger partial charge in [0, 0.05) is 4.90 Å². The van der Waals surface area contributed by atoms with Crippen molar-refractivity contribution in [3.05, 3.63) is 60.4 Å². The molecule has 2 rings (SSSR count). The fourth-order valence-electron chi connectivity index (χ4n) is 1.77. The molecular weight excluding hydrogens is 301 g/mol. The summed E-state index contributed by atoms with van der Waals surface area (Å²) in [4.78, 5) is 13.0.